The third-order valence-corrected chi connectivity index (χ3v) is 0.738. The molecule has 0 aliphatic rings. The van der Waals surface area contributed by atoms with E-state index in [1.807, 2.05) is 20.8 Å². The van der Waals surface area contributed by atoms with E-state index in [0.717, 1.165) is 5.57 Å². The lowest BCUT2D eigenvalue weighted by atomic mass is 10.4. The van der Waals surface area contributed by atoms with Gasteiger partial charge in [0.15, 0.2) is 0 Å². The number of aliphatic imine (C=N–C) groups is 2. The summed E-state index contributed by atoms with van der Waals surface area (Å²) in [4.78, 5) is 7.58. The van der Waals surface area contributed by atoms with E-state index >= 15 is 0 Å². The standard InChI is InChI=1S/C7H12N2/c1-6(2)5-9-7(3)8-4/h5H,4H2,1-3H3. The van der Waals surface area contributed by atoms with Gasteiger partial charge in [-0.3, -0.25) is 0 Å². The van der Waals surface area contributed by atoms with Gasteiger partial charge in [-0.15, -0.1) is 0 Å². The van der Waals surface area contributed by atoms with E-state index in [4.69, 9.17) is 0 Å². The monoisotopic (exact) mass is 124 g/mol. The third kappa shape index (κ3) is 4.94. The molecule has 0 fully saturated rings. The first kappa shape index (κ1) is 8.08. The van der Waals surface area contributed by atoms with E-state index in [0.29, 0.717) is 5.84 Å². The van der Waals surface area contributed by atoms with Crippen LogP contribution in [0.15, 0.2) is 21.8 Å². The first-order valence-electron chi connectivity index (χ1n) is 2.81. The van der Waals surface area contributed by atoms with Crippen molar-refractivity contribution in [2.75, 3.05) is 0 Å². The van der Waals surface area contributed by atoms with Crippen LogP contribution < -0.4 is 0 Å². The fourth-order valence-corrected chi connectivity index (χ4v) is 0.263. The van der Waals surface area contributed by atoms with Gasteiger partial charge in [-0.2, -0.15) is 0 Å². The van der Waals surface area contributed by atoms with Crippen molar-refractivity contribution in [3.63, 3.8) is 0 Å². The number of hydrogen-bond acceptors (Lipinski definition) is 1. The summed E-state index contributed by atoms with van der Waals surface area (Å²) in [5.41, 5.74) is 1.16. The molecule has 0 atom stereocenters. The van der Waals surface area contributed by atoms with E-state index in [9.17, 15) is 0 Å². The van der Waals surface area contributed by atoms with Crippen LogP contribution >= 0.6 is 0 Å². The largest absolute Gasteiger partial charge is 0.250 e. The van der Waals surface area contributed by atoms with Gasteiger partial charge in [0.25, 0.3) is 0 Å². The van der Waals surface area contributed by atoms with E-state index < -0.39 is 0 Å². The summed E-state index contributed by atoms with van der Waals surface area (Å²) in [7, 11) is 0. The molecule has 9 heavy (non-hydrogen) atoms. The highest BCUT2D eigenvalue weighted by Gasteiger charge is 1.76. The van der Waals surface area contributed by atoms with Crippen LogP contribution in [0.4, 0.5) is 0 Å². The lowest BCUT2D eigenvalue weighted by Crippen LogP contribution is -1.79. The summed E-state index contributed by atoms with van der Waals surface area (Å²) < 4.78 is 0. The molecule has 0 bridgehead atoms. The second-order valence-electron chi connectivity index (χ2n) is 2.04. The molecule has 0 aromatic heterocycles. The minimum atomic E-state index is 0.705. The summed E-state index contributed by atoms with van der Waals surface area (Å²) in [5.74, 6) is 0.705. The first-order valence-corrected chi connectivity index (χ1v) is 2.81. The van der Waals surface area contributed by atoms with Crippen LogP contribution in [-0.2, 0) is 0 Å². The predicted molar refractivity (Wildman–Crippen MR) is 42.1 cm³/mol. The topological polar surface area (TPSA) is 24.7 Å². The molecule has 2 nitrogen and oxygen atoms in total. The van der Waals surface area contributed by atoms with Crippen molar-refractivity contribution in [1.29, 1.82) is 0 Å². The van der Waals surface area contributed by atoms with E-state index in [1.165, 1.54) is 0 Å². The Labute approximate surface area is 56.0 Å². The molecule has 0 aliphatic carbocycles. The molecule has 0 aromatic carbocycles. The van der Waals surface area contributed by atoms with Crippen molar-refractivity contribution >= 4 is 12.6 Å². The average Bonchev–Trinajstić information content (AvgIpc) is 1.83. The van der Waals surface area contributed by atoms with Gasteiger partial charge < -0.3 is 0 Å². The minimum Gasteiger partial charge on any atom is -0.250 e. The molecule has 0 amide bonds. The molecular weight excluding hydrogens is 112 g/mol. The zero-order valence-electron chi connectivity index (χ0n) is 6.18. The lowest BCUT2D eigenvalue weighted by Gasteiger charge is -1.85. The summed E-state index contributed by atoms with van der Waals surface area (Å²) in [6, 6.07) is 0. The highest BCUT2D eigenvalue weighted by atomic mass is 14.9. The van der Waals surface area contributed by atoms with Crippen LogP contribution in [0.3, 0.4) is 0 Å². The molecule has 0 rings (SSSR count). The number of amidine groups is 1. The number of hydrogen-bond donors (Lipinski definition) is 0. The molecule has 0 unspecified atom stereocenters. The Balaban J connectivity index is 3.98. The lowest BCUT2D eigenvalue weighted by molar-refractivity contribution is 1.32. The molecule has 0 saturated heterocycles. The molecule has 0 saturated carbocycles. The Morgan fingerprint density at radius 2 is 1.89 bits per heavy atom. The van der Waals surface area contributed by atoms with E-state index in [2.05, 4.69) is 16.7 Å². The van der Waals surface area contributed by atoms with Gasteiger partial charge in [0, 0.05) is 6.20 Å². The van der Waals surface area contributed by atoms with Gasteiger partial charge in [-0.05, 0) is 27.5 Å². The SMILES string of the molecule is C=NC(C)=NC=C(C)C. The summed E-state index contributed by atoms with van der Waals surface area (Å²) in [6.07, 6.45) is 1.77. The van der Waals surface area contributed by atoms with Crippen molar-refractivity contribution < 1.29 is 0 Å². The van der Waals surface area contributed by atoms with E-state index in [-0.39, 0.29) is 0 Å². The highest BCUT2D eigenvalue weighted by Crippen LogP contribution is 1.89. The van der Waals surface area contributed by atoms with Gasteiger partial charge in [0.05, 0.1) is 0 Å². The zero-order chi connectivity index (χ0) is 7.28. The maximum Gasteiger partial charge on any atom is 0.124 e. The second-order valence-corrected chi connectivity index (χ2v) is 2.04. The summed E-state index contributed by atoms with van der Waals surface area (Å²) >= 11 is 0. The number of allylic oxidation sites excluding steroid dienone is 1. The van der Waals surface area contributed by atoms with E-state index in [1.54, 1.807) is 6.20 Å². The summed E-state index contributed by atoms with van der Waals surface area (Å²) in [5, 5.41) is 0. The van der Waals surface area contributed by atoms with Crippen molar-refractivity contribution in [1.82, 2.24) is 0 Å². The smallest absolute Gasteiger partial charge is 0.124 e. The van der Waals surface area contributed by atoms with Gasteiger partial charge in [-0.1, -0.05) is 5.57 Å². The molecule has 0 N–H and O–H groups in total. The zero-order valence-corrected chi connectivity index (χ0v) is 6.18. The Hall–Kier alpha value is -0.920. The Kier molecular flexibility index (Phi) is 3.60. The Morgan fingerprint density at radius 1 is 1.33 bits per heavy atom. The second kappa shape index (κ2) is 4.01. The molecule has 0 heterocycles. The summed E-state index contributed by atoms with van der Waals surface area (Å²) in [6.45, 7) is 9.11. The number of rotatable bonds is 1. The first-order chi connectivity index (χ1) is 4.16. The maximum absolute atomic E-state index is 3.97. The van der Waals surface area contributed by atoms with Crippen LogP contribution in [0.25, 0.3) is 0 Å². The fraction of sp³-hybridized carbons (Fsp3) is 0.429. The van der Waals surface area contributed by atoms with Crippen molar-refractivity contribution in [2.24, 2.45) is 9.98 Å². The molecule has 2 heteroatoms. The number of nitrogens with zero attached hydrogens (tertiary/aromatic N) is 2. The van der Waals surface area contributed by atoms with Crippen LogP contribution in [0.1, 0.15) is 20.8 Å². The van der Waals surface area contributed by atoms with Gasteiger partial charge >= 0.3 is 0 Å². The third-order valence-electron chi connectivity index (χ3n) is 0.738. The molecule has 0 aromatic rings. The molecule has 0 aliphatic heterocycles. The van der Waals surface area contributed by atoms with Crippen LogP contribution in [0.5, 0.6) is 0 Å². The normalized spacial score (nSPS) is 10.8. The molecular formula is C7H12N2. The van der Waals surface area contributed by atoms with Crippen LogP contribution in [0, 0.1) is 0 Å². The van der Waals surface area contributed by atoms with Crippen molar-refractivity contribution in [3.8, 4) is 0 Å². The van der Waals surface area contributed by atoms with Gasteiger partial charge in [0.1, 0.15) is 5.84 Å². The minimum absolute atomic E-state index is 0.705. The predicted octanol–water partition coefficient (Wildman–Crippen LogP) is 2.03. The molecule has 0 spiro atoms. The fourth-order valence-electron chi connectivity index (χ4n) is 0.263. The Morgan fingerprint density at radius 3 is 2.22 bits per heavy atom. The highest BCUT2D eigenvalue weighted by molar-refractivity contribution is 5.84. The van der Waals surface area contributed by atoms with Crippen molar-refractivity contribution in [2.45, 2.75) is 20.8 Å². The molecule has 50 valence electrons. The quantitative estimate of drug-likeness (QED) is 0.377. The average molecular weight is 124 g/mol. The van der Waals surface area contributed by atoms with Crippen molar-refractivity contribution in [3.05, 3.63) is 11.8 Å². The molecule has 0 radical (unpaired) electrons. The van der Waals surface area contributed by atoms with Gasteiger partial charge in [0.2, 0.25) is 0 Å². The Bertz CT molecular complexity index is 150. The van der Waals surface area contributed by atoms with Crippen LogP contribution in [-0.4, -0.2) is 12.6 Å². The van der Waals surface area contributed by atoms with Gasteiger partial charge in [-0.25, -0.2) is 9.98 Å². The maximum atomic E-state index is 3.97. The van der Waals surface area contributed by atoms with Crippen LogP contribution in [0.2, 0.25) is 0 Å².